The number of alkyl halides is 3. The van der Waals surface area contributed by atoms with E-state index >= 15 is 0 Å². The lowest BCUT2D eigenvalue weighted by atomic mass is 10.0. The van der Waals surface area contributed by atoms with Crippen LogP contribution in [0.25, 0.3) is 0 Å². The van der Waals surface area contributed by atoms with Crippen LogP contribution in [-0.4, -0.2) is 41.9 Å². The Hall–Kier alpha value is -2.07. The average molecular weight is 325 g/mol. The van der Waals surface area contributed by atoms with E-state index in [1.54, 1.807) is 0 Å². The van der Waals surface area contributed by atoms with Crippen molar-refractivity contribution in [2.75, 3.05) is 26.2 Å². The van der Waals surface area contributed by atoms with E-state index in [0.717, 1.165) is 25.2 Å². The van der Waals surface area contributed by atoms with Gasteiger partial charge in [-0.1, -0.05) is 13.8 Å². The van der Waals surface area contributed by atoms with Crippen molar-refractivity contribution in [1.82, 2.24) is 9.80 Å². The molecule has 23 heavy (non-hydrogen) atoms. The molecule has 124 valence electrons. The fourth-order valence-corrected chi connectivity index (χ4v) is 2.76. The molecule has 0 aliphatic carbocycles. The second-order valence-electron chi connectivity index (χ2n) is 5.36. The SMILES string of the molecule is CCN(CC)CCN1C(=O)c2ccc(C(F)(F)F)cc2C1C#N. The Balaban J connectivity index is 2.29. The van der Waals surface area contributed by atoms with Gasteiger partial charge in [0.2, 0.25) is 0 Å². The van der Waals surface area contributed by atoms with Gasteiger partial charge in [0, 0.05) is 24.2 Å². The van der Waals surface area contributed by atoms with E-state index < -0.39 is 17.8 Å². The summed E-state index contributed by atoms with van der Waals surface area (Å²) in [6, 6.07) is 3.97. The lowest BCUT2D eigenvalue weighted by molar-refractivity contribution is -0.137. The van der Waals surface area contributed by atoms with Gasteiger partial charge >= 0.3 is 6.18 Å². The first-order valence-electron chi connectivity index (χ1n) is 7.47. The topological polar surface area (TPSA) is 47.3 Å². The normalized spacial score (nSPS) is 17.5. The van der Waals surface area contributed by atoms with Crippen LogP contribution in [0.5, 0.6) is 0 Å². The third-order valence-corrected chi connectivity index (χ3v) is 4.15. The highest BCUT2D eigenvalue weighted by atomic mass is 19.4. The molecule has 1 atom stereocenters. The van der Waals surface area contributed by atoms with E-state index in [1.165, 1.54) is 11.0 Å². The van der Waals surface area contributed by atoms with Gasteiger partial charge in [-0.3, -0.25) is 4.79 Å². The molecule has 1 aliphatic rings. The number of benzene rings is 1. The number of rotatable bonds is 5. The molecule has 1 amide bonds. The van der Waals surface area contributed by atoms with E-state index in [1.807, 2.05) is 19.9 Å². The number of hydrogen-bond donors (Lipinski definition) is 0. The largest absolute Gasteiger partial charge is 0.416 e. The Morgan fingerprint density at radius 2 is 1.96 bits per heavy atom. The zero-order valence-corrected chi connectivity index (χ0v) is 13.0. The minimum Gasteiger partial charge on any atom is -0.317 e. The highest BCUT2D eigenvalue weighted by molar-refractivity contribution is 5.99. The fraction of sp³-hybridized carbons (Fsp3) is 0.500. The summed E-state index contributed by atoms with van der Waals surface area (Å²) in [5.74, 6) is -0.382. The van der Waals surface area contributed by atoms with Gasteiger partial charge in [-0.2, -0.15) is 18.4 Å². The van der Waals surface area contributed by atoms with Crippen LogP contribution in [0.4, 0.5) is 13.2 Å². The van der Waals surface area contributed by atoms with Crippen molar-refractivity contribution in [3.8, 4) is 6.07 Å². The van der Waals surface area contributed by atoms with Gasteiger partial charge in [-0.25, -0.2) is 0 Å². The minimum atomic E-state index is -4.49. The van der Waals surface area contributed by atoms with Crippen LogP contribution >= 0.6 is 0 Å². The number of nitriles is 1. The number of amides is 1. The molecule has 0 fully saturated rings. The molecule has 0 spiro atoms. The zero-order chi connectivity index (χ0) is 17.2. The van der Waals surface area contributed by atoms with Crippen LogP contribution in [0, 0.1) is 11.3 Å². The number of carbonyl (C=O) groups is 1. The maximum Gasteiger partial charge on any atom is 0.416 e. The summed E-state index contributed by atoms with van der Waals surface area (Å²) in [7, 11) is 0. The zero-order valence-electron chi connectivity index (χ0n) is 13.0. The van der Waals surface area contributed by atoms with Crippen molar-refractivity contribution in [3.05, 3.63) is 34.9 Å². The van der Waals surface area contributed by atoms with Crippen LogP contribution in [0.15, 0.2) is 18.2 Å². The van der Waals surface area contributed by atoms with Gasteiger partial charge in [0.25, 0.3) is 5.91 Å². The van der Waals surface area contributed by atoms with Crippen LogP contribution in [-0.2, 0) is 6.18 Å². The molecular formula is C16H18F3N3O. The first-order valence-corrected chi connectivity index (χ1v) is 7.47. The van der Waals surface area contributed by atoms with E-state index in [-0.39, 0.29) is 17.0 Å². The molecule has 4 nitrogen and oxygen atoms in total. The van der Waals surface area contributed by atoms with Crippen molar-refractivity contribution < 1.29 is 18.0 Å². The Morgan fingerprint density at radius 1 is 1.30 bits per heavy atom. The number of fused-ring (bicyclic) bond motifs is 1. The Bertz CT molecular complexity index is 632. The molecule has 0 N–H and O–H groups in total. The molecule has 7 heteroatoms. The van der Waals surface area contributed by atoms with Crippen molar-refractivity contribution in [2.45, 2.75) is 26.1 Å². The van der Waals surface area contributed by atoms with Crippen LogP contribution < -0.4 is 0 Å². The highest BCUT2D eigenvalue weighted by Crippen LogP contribution is 2.37. The summed E-state index contributed by atoms with van der Waals surface area (Å²) in [5, 5.41) is 9.34. The smallest absolute Gasteiger partial charge is 0.317 e. The lowest BCUT2D eigenvalue weighted by Crippen LogP contribution is -2.36. The van der Waals surface area contributed by atoms with Gasteiger partial charge in [0.05, 0.1) is 11.6 Å². The van der Waals surface area contributed by atoms with Gasteiger partial charge in [-0.15, -0.1) is 0 Å². The maximum absolute atomic E-state index is 12.8. The van der Waals surface area contributed by atoms with Crippen molar-refractivity contribution in [1.29, 1.82) is 5.26 Å². The molecule has 0 saturated heterocycles. The third-order valence-electron chi connectivity index (χ3n) is 4.15. The van der Waals surface area contributed by atoms with Crippen LogP contribution in [0.1, 0.15) is 41.4 Å². The molecule has 1 unspecified atom stereocenters. The molecular weight excluding hydrogens is 307 g/mol. The van der Waals surface area contributed by atoms with E-state index in [2.05, 4.69) is 4.90 Å². The van der Waals surface area contributed by atoms with Gasteiger partial charge in [0.1, 0.15) is 6.04 Å². The predicted molar refractivity (Wildman–Crippen MR) is 78.6 cm³/mol. The number of likely N-dealkylation sites (N-methyl/N-ethyl adjacent to an activating group) is 1. The van der Waals surface area contributed by atoms with Crippen molar-refractivity contribution >= 4 is 5.91 Å². The van der Waals surface area contributed by atoms with Crippen LogP contribution in [0.3, 0.4) is 0 Å². The Morgan fingerprint density at radius 3 is 2.48 bits per heavy atom. The summed E-state index contributed by atoms with van der Waals surface area (Å²) in [6.45, 7) is 6.48. The average Bonchev–Trinajstić information content (AvgIpc) is 2.79. The quantitative estimate of drug-likeness (QED) is 0.836. The number of nitrogens with zero attached hydrogens (tertiary/aromatic N) is 3. The summed E-state index contributed by atoms with van der Waals surface area (Å²) in [6.07, 6.45) is -4.49. The molecule has 0 aromatic heterocycles. The molecule has 1 aromatic rings. The highest BCUT2D eigenvalue weighted by Gasteiger charge is 2.39. The molecule has 1 aliphatic heterocycles. The molecule has 1 heterocycles. The number of hydrogen-bond acceptors (Lipinski definition) is 3. The van der Waals surface area contributed by atoms with Gasteiger partial charge in [-0.05, 0) is 31.3 Å². The fourth-order valence-electron chi connectivity index (χ4n) is 2.76. The Kier molecular flexibility index (Phi) is 4.95. The minimum absolute atomic E-state index is 0.145. The summed E-state index contributed by atoms with van der Waals surface area (Å²) < 4.78 is 38.5. The van der Waals surface area contributed by atoms with Crippen molar-refractivity contribution in [2.24, 2.45) is 0 Å². The van der Waals surface area contributed by atoms with Gasteiger partial charge in [0.15, 0.2) is 0 Å². The van der Waals surface area contributed by atoms with Gasteiger partial charge < -0.3 is 9.80 Å². The van der Waals surface area contributed by atoms with E-state index in [9.17, 15) is 23.2 Å². The molecule has 0 radical (unpaired) electrons. The molecule has 0 saturated carbocycles. The summed E-state index contributed by atoms with van der Waals surface area (Å²) in [5.41, 5.74) is -0.508. The molecule has 1 aromatic carbocycles. The predicted octanol–water partition coefficient (Wildman–Crippen LogP) is 3.07. The molecule has 2 rings (SSSR count). The lowest BCUT2D eigenvalue weighted by Gasteiger charge is -2.25. The maximum atomic E-state index is 12.8. The van der Waals surface area contributed by atoms with Crippen molar-refractivity contribution in [3.63, 3.8) is 0 Å². The first kappa shape index (κ1) is 17.3. The van der Waals surface area contributed by atoms with E-state index in [0.29, 0.717) is 13.1 Å². The second-order valence-corrected chi connectivity index (χ2v) is 5.36. The first-order chi connectivity index (χ1) is 10.8. The van der Waals surface area contributed by atoms with Crippen LogP contribution in [0.2, 0.25) is 0 Å². The number of carbonyl (C=O) groups excluding carboxylic acids is 1. The molecule has 0 bridgehead atoms. The van der Waals surface area contributed by atoms with E-state index in [4.69, 9.17) is 0 Å². The number of halogens is 3. The standard InChI is InChI=1S/C16H18F3N3O/c1-3-21(4-2)7-8-22-14(10-20)13-9-11(16(17,18)19)5-6-12(13)15(22)23/h5-6,9,14H,3-4,7-8H2,1-2H3. The summed E-state index contributed by atoms with van der Waals surface area (Å²) in [4.78, 5) is 15.8. The third kappa shape index (κ3) is 3.32. The monoisotopic (exact) mass is 325 g/mol. The summed E-state index contributed by atoms with van der Waals surface area (Å²) >= 11 is 0. The Labute approximate surface area is 133 Å². The second kappa shape index (κ2) is 6.59.